The minimum atomic E-state index is 0.249. The van der Waals surface area contributed by atoms with Gasteiger partial charge in [-0.05, 0) is 42.3 Å². The molecule has 2 heterocycles. The molecule has 0 radical (unpaired) electrons. The monoisotopic (exact) mass is 240 g/mol. The molecule has 1 aromatic heterocycles. The fourth-order valence-corrected chi connectivity index (χ4v) is 2.24. The van der Waals surface area contributed by atoms with Crippen LogP contribution in [-0.4, -0.2) is 11.6 Å². The van der Waals surface area contributed by atoms with Crippen LogP contribution in [0.25, 0.3) is 0 Å². The molecule has 1 aliphatic heterocycles. The molecule has 0 aliphatic carbocycles. The molecule has 0 amide bonds. The first-order chi connectivity index (χ1) is 8.83. The number of hydrogen-bond donors (Lipinski definition) is 1. The van der Waals surface area contributed by atoms with Gasteiger partial charge in [0.15, 0.2) is 0 Å². The maximum Gasteiger partial charge on any atom is 0.122 e. The molecule has 0 bridgehead atoms. The second kappa shape index (κ2) is 4.69. The van der Waals surface area contributed by atoms with Gasteiger partial charge in [0.05, 0.1) is 12.6 Å². The van der Waals surface area contributed by atoms with E-state index in [0.29, 0.717) is 0 Å². The Morgan fingerprint density at radius 2 is 2.28 bits per heavy atom. The second-order valence-corrected chi connectivity index (χ2v) is 4.57. The molecule has 2 aromatic rings. The molecule has 3 heteroatoms. The lowest BCUT2D eigenvalue weighted by Crippen LogP contribution is -2.06. The van der Waals surface area contributed by atoms with E-state index < -0.39 is 0 Å². The van der Waals surface area contributed by atoms with Crippen LogP contribution in [0, 0.1) is 0 Å². The molecule has 0 fully saturated rings. The molecule has 1 aromatic carbocycles. The van der Waals surface area contributed by atoms with Gasteiger partial charge in [-0.1, -0.05) is 6.07 Å². The fourth-order valence-electron chi connectivity index (χ4n) is 2.24. The standard InChI is InChI=1S/C15H16N2O/c1-11(13-3-2-7-16-10-13)17-14-4-5-15-12(9-14)6-8-18-15/h2-5,7,9-11,17H,6,8H2,1H3. The molecular formula is C15H16N2O. The van der Waals surface area contributed by atoms with E-state index in [4.69, 9.17) is 4.74 Å². The van der Waals surface area contributed by atoms with Gasteiger partial charge in [0, 0.05) is 24.5 Å². The topological polar surface area (TPSA) is 34.1 Å². The normalized spacial score (nSPS) is 14.7. The predicted molar refractivity (Wildman–Crippen MR) is 71.9 cm³/mol. The fraction of sp³-hybridized carbons (Fsp3) is 0.267. The maximum absolute atomic E-state index is 5.51. The van der Waals surface area contributed by atoms with E-state index in [2.05, 4.69) is 35.4 Å². The Hall–Kier alpha value is -2.03. The van der Waals surface area contributed by atoms with Crippen molar-refractivity contribution in [2.45, 2.75) is 19.4 Å². The highest BCUT2D eigenvalue weighted by atomic mass is 16.5. The zero-order valence-electron chi connectivity index (χ0n) is 10.4. The molecule has 1 unspecified atom stereocenters. The lowest BCUT2D eigenvalue weighted by atomic mass is 10.1. The Morgan fingerprint density at radius 1 is 1.33 bits per heavy atom. The zero-order valence-corrected chi connectivity index (χ0v) is 10.4. The van der Waals surface area contributed by atoms with Crippen molar-refractivity contribution in [1.29, 1.82) is 0 Å². The summed E-state index contributed by atoms with van der Waals surface area (Å²) in [5, 5.41) is 3.49. The van der Waals surface area contributed by atoms with Crippen molar-refractivity contribution < 1.29 is 4.74 Å². The minimum Gasteiger partial charge on any atom is -0.493 e. The summed E-state index contributed by atoms with van der Waals surface area (Å²) in [6.45, 7) is 2.94. The number of benzene rings is 1. The third-order valence-electron chi connectivity index (χ3n) is 3.26. The average molecular weight is 240 g/mol. The number of anilines is 1. The van der Waals surface area contributed by atoms with Crippen LogP contribution in [0.5, 0.6) is 5.75 Å². The smallest absolute Gasteiger partial charge is 0.122 e. The van der Waals surface area contributed by atoms with E-state index in [1.807, 2.05) is 18.3 Å². The quantitative estimate of drug-likeness (QED) is 0.894. The highest BCUT2D eigenvalue weighted by Gasteiger charge is 2.13. The van der Waals surface area contributed by atoms with Crippen LogP contribution in [0.3, 0.4) is 0 Å². The largest absolute Gasteiger partial charge is 0.493 e. The van der Waals surface area contributed by atoms with E-state index in [1.165, 1.54) is 11.1 Å². The third kappa shape index (κ3) is 2.16. The highest BCUT2D eigenvalue weighted by molar-refractivity contribution is 5.53. The molecule has 3 rings (SSSR count). The molecule has 1 N–H and O–H groups in total. The summed E-state index contributed by atoms with van der Waals surface area (Å²) in [5.41, 5.74) is 3.61. The number of hydrogen-bond acceptors (Lipinski definition) is 3. The third-order valence-corrected chi connectivity index (χ3v) is 3.26. The Kier molecular flexibility index (Phi) is 2.89. The number of nitrogens with zero attached hydrogens (tertiary/aromatic N) is 1. The summed E-state index contributed by atoms with van der Waals surface area (Å²) < 4.78 is 5.51. The van der Waals surface area contributed by atoms with Crippen LogP contribution in [-0.2, 0) is 6.42 Å². The Morgan fingerprint density at radius 3 is 3.11 bits per heavy atom. The summed E-state index contributed by atoms with van der Waals surface area (Å²) in [4.78, 5) is 4.15. The number of ether oxygens (including phenoxy) is 1. The van der Waals surface area contributed by atoms with Crippen LogP contribution in [0.15, 0.2) is 42.7 Å². The lowest BCUT2D eigenvalue weighted by Gasteiger charge is -2.15. The van der Waals surface area contributed by atoms with Crippen molar-refractivity contribution >= 4 is 5.69 Å². The van der Waals surface area contributed by atoms with E-state index in [0.717, 1.165) is 24.5 Å². The van der Waals surface area contributed by atoms with Gasteiger partial charge in [0.2, 0.25) is 0 Å². The number of aromatic nitrogens is 1. The first-order valence-corrected chi connectivity index (χ1v) is 6.25. The number of nitrogens with one attached hydrogen (secondary N) is 1. The van der Waals surface area contributed by atoms with Crippen LogP contribution in [0.4, 0.5) is 5.69 Å². The summed E-state index contributed by atoms with van der Waals surface area (Å²) in [5.74, 6) is 1.02. The van der Waals surface area contributed by atoms with Crippen molar-refractivity contribution in [3.05, 3.63) is 53.9 Å². The first-order valence-electron chi connectivity index (χ1n) is 6.25. The molecule has 18 heavy (non-hydrogen) atoms. The average Bonchev–Trinajstić information content (AvgIpc) is 2.87. The summed E-state index contributed by atoms with van der Waals surface area (Å²) in [7, 11) is 0. The molecule has 0 saturated carbocycles. The van der Waals surface area contributed by atoms with Crippen LogP contribution >= 0.6 is 0 Å². The van der Waals surface area contributed by atoms with E-state index in [-0.39, 0.29) is 6.04 Å². The predicted octanol–water partition coefficient (Wildman–Crippen LogP) is 3.19. The van der Waals surface area contributed by atoms with Gasteiger partial charge in [-0.25, -0.2) is 0 Å². The van der Waals surface area contributed by atoms with Gasteiger partial charge in [-0.2, -0.15) is 0 Å². The van der Waals surface area contributed by atoms with E-state index >= 15 is 0 Å². The summed E-state index contributed by atoms with van der Waals surface area (Å²) in [6, 6.07) is 10.6. The second-order valence-electron chi connectivity index (χ2n) is 4.57. The van der Waals surface area contributed by atoms with Gasteiger partial charge >= 0.3 is 0 Å². The van der Waals surface area contributed by atoms with Gasteiger partial charge in [0.1, 0.15) is 5.75 Å². The molecular weight excluding hydrogens is 224 g/mol. The molecule has 0 saturated heterocycles. The van der Waals surface area contributed by atoms with Gasteiger partial charge in [-0.3, -0.25) is 4.98 Å². The molecule has 1 atom stereocenters. The van der Waals surface area contributed by atoms with Crippen molar-refractivity contribution in [2.75, 3.05) is 11.9 Å². The molecule has 3 nitrogen and oxygen atoms in total. The SMILES string of the molecule is CC(Nc1ccc2c(c1)CCO2)c1cccnc1. The van der Waals surface area contributed by atoms with Crippen molar-refractivity contribution in [2.24, 2.45) is 0 Å². The maximum atomic E-state index is 5.51. The minimum absolute atomic E-state index is 0.249. The van der Waals surface area contributed by atoms with Crippen molar-refractivity contribution in [1.82, 2.24) is 4.98 Å². The Balaban J connectivity index is 1.77. The van der Waals surface area contributed by atoms with Gasteiger partial charge < -0.3 is 10.1 Å². The Labute approximate surface area is 107 Å². The summed E-state index contributed by atoms with van der Waals surface area (Å²) >= 11 is 0. The van der Waals surface area contributed by atoms with Gasteiger partial charge in [0.25, 0.3) is 0 Å². The highest BCUT2D eigenvalue weighted by Crippen LogP contribution is 2.29. The summed E-state index contributed by atoms with van der Waals surface area (Å²) in [6.07, 6.45) is 4.70. The van der Waals surface area contributed by atoms with Crippen LogP contribution < -0.4 is 10.1 Å². The number of fused-ring (bicyclic) bond motifs is 1. The zero-order chi connectivity index (χ0) is 12.4. The molecule has 92 valence electrons. The van der Waals surface area contributed by atoms with Gasteiger partial charge in [-0.15, -0.1) is 0 Å². The van der Waals surface area contributed by atoms with E-state index in [1.54, 1.807) is 6.20 Å². The molecule has 0 spiro atoms. The van der Waals surface area contributed by atoms with E-state index in [9.17, 15) is 0 Å². The van der Waals surface area contributed by atoms with Crippen LogP contribution in [0.2, 0.25) is 0 Å². The first kappa shape index (κ1) is 11.1. The van der Waals surface area contributed by atoms with Crippen LogP contribution in [0.1, 0.15) is 24.1 Å². The Bertz CT molecular complexity index is 539. The van der Waals surface area contributed by atoms with Crippen molar-refractivity contribution in [3.8, 4) is 5.75 Å². The molecule has 1 aliphatic rings. The lowest BCUT2D eigenvalue weighted by molar-refractivity contribution is 0.357. The number of pyridine rings is 1. The van der Waals surface area contributed by atoms with Crippen molar-refractivity contribution in [3.63, 3.8) is 0 Å². The number of rotatable bonds is 3.